The van der Waals surface area contributed by atoms with Gasteiger partial charge in [0.15, 0.2) is 0 Å². The summed E-state index contributed by atoms with van der Waals surface area (Å²) < 4.78 is 0. The summed E-state index contributed by atoms with van der Waals surface area (Å²) in [4.78, 5) is 28.3. The highest BCUT2D eigenvalue weighted by Gasteiger charge is 2.67. The first-order chi connectivity index (χ1) is 12.8. The van der Waals surface area contributed by atoms with Crippen molar-refractivity contribution in [2.24, 2.45) is 11.3 Å². The Morgan fingerprint density at radius 3 is 2.70 bits per heavy atom. The van der Waals surface area contributed by atoms with E-state index < -0.39 is 12.1 Å². The zero-order chi connectivity index (χ0) is 19.6. The van der Waals surface area contributed by atoms with Crippen LogP contribution in [0.25, 0.3) is 0 Å². The third kappa shape index (κ3) is 2.17. The summed E-state index contributed by atoms with van der Waals surface area (Å²) in [5.41, 5.74) is 1.55. The maximum atomic E-state index is 13.4. The summed E-state index contributed by atoms with van der Waals surface area (Å²) in [7, 11) is 0. The predicted molar refractivity (Wildman–Crippen MR) is 106 cm³/mol. The van der Waals surface area contributed by atoms with Crippen LogP contribution < -0.4 is 10.6 Å². The largest absolute Gasteiger partial charge is 0.364 e. The number of hydrogen-bond acceptors (Lipinski definition) is 3. The Morgan fingerprint density at radius 2 is 2.04 bits per heavy atom. The SMILES string of the molecule is C=CC(C)(C)[C@@]12C[C@H]3C(=O)N[C@@H]([C@@H](C)CC)C(=O)N3[C@@H]1Nc1ccccc12. The summed E-state index contributed by atoms with van der Waals surface area (Å²) in [5, 5.41) is 6.59. The first-order valence-electron chi connectivity index (χ1n) is 9.90. The number of fused-ring (bicyclic) bond motifs is 5. The molecule has 0 aromatic heterocycles. The number of amides is 2. The highest BCUT2D eigenvalue weighted by molar-refractivity contribution is 5.99. The van der Waals surface area contributed by atoms with Crippen LogP contribution in [0.3, 0.4) is 0 Å². The number of nitrogens with zero attached hydrogens (tertiary/aromatic N) is 1. The normalized spacial score (nSPS) is 32.9. The first kappa shape index (κ1) is 18.1. The van der Waals surface area contributed by atoms with Crippen molar-refractivity contribution in [1.29, 1.82) is 0 Å². The Morgan fingerprint density at radius 1 is 1.33 bits per heavy atom. The van der Waals surface area contributed by atoms with Gasteiger partial charge in [-0.25, -0.2) is 0 Å². The number of benzene rings is 1. The molecule has 0 aliphatic carbocycles. The van der Waals surface area contributed by atoms with E-state index in [9.17, 15) is 9.59 Å². The molecule has 2 N–H and O–H groups in total. The molecule has 5 heteroatoms. The number of allylic oxidation sites excluding steroid dienone is 1. The number of anilines is 1. The van der Waals surface area contributed by atoms with Gasteiger partial charge in [-0.15, -0.1) is 6.58 Å². The van der Waals surface area contributed by atoms with E-state index in [1.54, 1.807) is 0 Å². The van der Waals surface area contributed by atoms with Crippen LogP contribution in [0, 0.1) is 11.3 Å². The van der Waals surface area contributed by atoms with E-state index in [0.29, 0.717) is 6.42 Å². The second kappa shape index (κ2) is 5.85. The van der Waals surface area contributed by atoms with Gasteiger partial charge in [-0.1, -0.05) is 58.4 Å². The Hall–Kier alpha value is -2.30. The molecule has 0 saturated carbocycles. The highest BCUT2D eigenvalue weighted by atomic mass is 16.2. The zero-order valence-electron chi connectivity index (χ0n) is 16.6. The lowest BCUT2D eigenvalue weighted by Gasteiger charge is -2.44. The van der Waals surface area contributed by atoms with Crippen molar-refractivity contribution < 1.29 is 9.59 Å². The lowest BCUT2D eigenvalue weighted by atomic mass is 9.60. The molecular formula is C22H29N3O2. The average Bonchev–Trinajstić information content (AvgIpc) is 3.17. The van der Waals surface area contributed by atoms with Gasteiger partial charge in [-0.2, -0.15) is 0 Å². The number of carbonyl (C=O) groups is 2. The van der Waals surface area contributed by atoms with E-state index in [-0.39, 0.29) is 34.7 Å². The predicted octanol–water partition coefficient (Wildman–Crippen LogP) is 3.03. The van der Waals surface area contributed by atoms with Crippen LogP contribution in [-0.2, 0) is 15.0 Å². The third-order valence-corrected chi connectivity index (χ3v) is 7.29. The molecule has 3 aliphatic heterocycles. The molecule has 144 valence electrons. The lowest BCUT2D eigenvalue weighted by Crippen LogP contribution is -2.65. The van der Waals surface area contributed by atoms with Crippen LogP contribution in [0.5, 0.6) is 0 Å². The van der Waals surface area contributed by atoms with Gasteiger partial charge in [0.05, 0.1) is 0 Å². The minimum absolute atomic E-state index is 0.0287. The summed E-state index contributed by atoms with van der Waals surface area (Å²) in [6.07, 6.45) is 3.18. The number of hydrogen-bond donors (Lipinski definition) is 2. The Balaban J connectivity index is 1.86. The molecule has 2 amide bonds. The van der Waals surface area contributed by atoms with E-state index in [1.807, 2.05) is 30.0 Å². The fourth-order valence-electron chi connectivity index (χ4n) is 5.27. The number of piperazine rings is 1. The molecule has 2 fully saturated rings. The monoisotopic (exact) mass is 367 g/mol. The molecule has 3 aliphatic rings. The van der Waals surface area contributed by atoms with Crippen molar-refractivity contribution in [2.75, 3.05) is 5.32 Å². The summed E-state index contributed by atoms with van der Waals surface area (Å²) in [5.74, 6) is 0.0994. The van der Waals surface area contributed by atoms with Crippen LogP contribution in [0.2, 0.25) is 0 Å². The van der Waals surface area contributed by atoms with Crippen molar-refractivity contribution in [3.63, 3.8) is 0 Å². The molecule has 5 atom stereocenters. The van der Waals surface area contributed by atoms with Crippen molar-refractivity contribution in [3.05, 3.63) is 42.5 Å². The van der Waals surface area contributed by atoms with Crippen molar-refractivity contribution in [3.8, 4) is 0 Å². The topological polar surface area (TPSA) is 61.4 Å². The summed E-state index contributed by atoms with van der Waals surface area (Å²) >= 11 is 0. The van der Waals surface area contributed by atoms with Gasteiger partial charge >= 0.3 is 0 Å². The standard InChI is InChI=1S/C22H29N3O2/c1-6-13(3)17-19(27)25-16(18(26)24-17)12-22(21(4,5)7-2)14-10-8-9-11-15(14)23-20(22)25/h7-11,13,16-17,20,23H,2,6,12H2,1,3-5H3,(H,24,26)/t13-,16-,17-,20-,22+/m0/s1. The zero-order valence-corrected chi connectivity index (χ0v) is 16.6. The molecular weight excluding hydrogens is 338 g/mol. The third-order valence-electron chi connectivity index (χ3n) is 7.29. The molecule has 4 rings (SSSR count). The molecule has 5 nitrogen and oxygen atoms in total. The van der Waals surface area contributed by atoms with Crippen LogP contribution in [0.1, 0.15) is 46.1 Å². The smallest absolute Gasteiger partial charge is 0.247 e. The molecule has 0 spiro atoms. The first-order valence-corrected chi connectivity index (χ1v) is 9.90. The molecule has 3 heterocycles. The number of para-hydroxylation sites is 1. The number of nitrogens with one attached hydrogen (secondary N) is 2. The maximum Gasteiger partial charge on any atom is 0.247 e. The van der Waals surface area contributed by atoms with E-state index in [1.165, 1.54) is 5.56 Å². The molecule has 1 aromatic carbocycles. The fourth-order valence-corrected chi connectivity index (χ4v) is 5.27. The average molecular weight is 367 g/mol. The lowest BCUT2D eigenvalue weighted by molar-refractivity contribution is -0.150. The summed E-state index contributed by atoms with van der Waals surface area (Å²) in [6.45, 7) is 12.5. The second-order valence-electron chi connectivity index (χ2n) is 8.83. The molecule has 27 heavy (non-hydrogen) atoms. The molecule has 0 radical (unpaired) electrons. The molecule has 2 saturated heterocycles. The minimum atomic E-state index is -0.452. The summed E-state index contributed by atoms with van der Waals surface area (Å²) in [6, 6.07) is 7.33. The van der Waals surface area contributed by atoms with E-state index in [2.05, 4.69) is 50.1 Å². The van der Waals surface area contributed by atoms with E-state index >= 15 is 0 Å². The van der Waals surface area contributed by atoms with Crippen molar-refractivity contribution in [2.45, 2.75) is 64.2 Å². The van der Waals surface area contributed by atoms with E-state index in [4.69, 9.17) is 0 Å². The van der Waals surface area contributed by atoms with E-state index in [0.717, 1.165) is 12.1 Å². The number of carbonyl (C=O) groups excluding carboxylic acids is 2. The van der Waals surface area contributed by atoms with Crippen LogP contribution >= 0.6 is 0 Å². The van der Waals surface area contributed by atoms with Gasteiger partial charge in [0.2, 0.25) is 11.8 Å². The van der Waals surface area contributed by atoms with Gasteiger partial charge in [-0.3, -0.25) is 9.59 Å². The van der Waals surface area contributed by atoms with Gasteiger partial charge in [0, 0.05) is 11.1 Å². The van der Waals surface area contributed by atoms with Crippen LogP contribution in [-0.4, -0.2) is 35.0 Å². The molecule has 1 aromatic rings. The second-order valence-corrected chi connectivity index (χ2v) is 8.83. The van der Waals surface area contributed by atoms with Gasteiger partial charge in [-0.05, 0) is 29.4 Å². The molecule has 0 unspecified atom stereocenters. The van der Waals surface area contributed by atoms with Crippen LogP contribution in [0.15, 0.2) is 36.9 Å². The maximum absolute atomic E-state index is 13.4. The van der Waals surface area contributed by atoms with Crippen molar-refractivity contribution >= 4 is 17.5 Å². The highest BCUT2D eigenvalue weighted by Crippen LogP contribution is 2.60. The Labute approximate surface area is 161 Å². The number of rotatable bonds is 4. The Bertz CT molecular complexity index is 818. The Kier molecular flexibility index (Phi) is 3.92. The fraction of sp³-hybridized carbons (Fsp3) is 0.545. The van der Waals surface area contributed by atoms with Gasteiger partial charge in [0.1, 0.15) is 18.2 Å². The van der Waals surface area contributed by atoms with Gasteiger partial charge < -0.3 is 15.5 Å². The minimum Gasteiger partial charge on any atom is -0.364 e. The van der Waals surface area contributed by atoms with Gasteiger partial charge in [0.25, 0.3) is 0 Å². The van der Waals surface area contributed by atoms with Crippen molar-refractivity contribution in [1.82, 2.24) is 10.2 Å². The van der Waals surface area contributed by atoms with Crippen LogP contribution in [0.4, 0.5) is 5.69 Å². The quantitative estimate of drug-likeness (QED) is 0.804. The molecule has 0 bridgehead atoms.